The number of pyridine rings is 1. The van der Waals surface area contributed by atoms with Gasteiger partial charge in [0.15, 0.2) is 0 Å². The van der Waals surface area contributed by atoms with Crippen molar-refractivity contribution >= 4 is 11.6 Å². The third-order valence-corrected chi connectivity index (χ3v) is 3.12. The molecule has 0 fully saturated rings. The fourth-order valence-electron chi connectivity index (χ4n) is 2.20. The van der Waals surface area contributed by atoms with Gasteiger partial charge >= 0.3 is 0 Å². The first-order valence-electron chi connectivity index (χ1n) is 6.94. The molecule has 0 saturated carbocycles. The third kappa shape index (κ3) is 2.71. The molecule has 0 aliphatic heterocycles. The lowest BCUT2D eigenvalue weighted by molar-refractivity contribution is 0.0753. The highest BCUT2D eigenvalue weighted by atomic mass is 16.2. The van der Waals surface area contributed by atoms with Crippen molar-refractivity contribution in [1.29, 1.82) is 0 Å². The monoisotopic (exact) mass is 273 g/mol. The van der Waals surface area contributed by atoms with E-state index >= 15 is 0 Å². The Balaban J connectivity index is 2.44. The van der Waals surface area contributed by atoms with E-state index in [9.17, 15) is 9.59 Å². The van der Waals surface area contributed by atoms with Crippen molar-refractivity contribution in [3.63, 3.8) is 0 Å². The molecule has 0 aliphatic rings. The van der Waals surface area contributed by atoms with E-state index in [1.807, 2.05) is 19.9 Å². The van der Waals surface area contributed by atoms with E-state index in [0.717, 1.165) is 12.8 Å². The lowest BCUT2D eigenvalue weighted by atomic mass is 10.2. The van der Waals surface area contributed by atoms with Crippen LogP contribution >= 0.6 is 0 Å². The van der Waals surface area contributed by atoms with Crippen LogP contribution in [0.25, 0.3) is 5.65 Å². The van der Waals surface area contributed by atoms with Crippen molar-refractivity contribution in [2.75, 3.05) is 13.1 Å². The quantitative estimate of drug-likeness (QED) is 0.836. The van der Waals surface area contributed by atoms with E-state index in [-0.39, 0.29) is 17.0 Å². The van der Waals surface area contributed by atoms with Gasteiger partial charge in [-0.25, -0.2) is 4.98 Å². The molecule has 2 aromatic rings. The van der Waals surface area contributed by atoms with Crippen LogP contribution in [-0.4, -0.2) is 33.3 Å². The molecule has 5 heteroatoms. The highest BCUT2D eigenvalue weighted by molar-refractivity contribution is 5.93. The van der Waals surface area contributed by atoms with Crippen LogP contribution in [0.3, 0.4) is 0 Å². The number of hydrogen-bond donors (Lipinski definition) is 0. The van der Waals surface area contributed by atoms with Crippen molar-refractivity contribution in [1.82, 2.24) is 14.3 Å². The molecule has 106 valence electrons. The molecule has 0 atom stereocenters. The Labute approximate surface area is 117 Å². The van der Waals surface area contributed by atoms with E-state index in [4.69, 9.17) is 0 Å². The maximum absolute atomic E-state index is 12.5. The summed E-state index contributed by atoms with van der Waals surface area (Å²) in [5.74, 6) is -0.232. The predicted octanol–water partition coefficient (Wildman–Crippen LogP) is 1.96. The van der Waals surface area contributed by atoms with Gasteiger partial charge in [0.05, 0.1) is 0 Å². The molecule has 5 nitrogen and oxygen atoms in total. The molecule has 0 bridgehead atoms. The average molecular weight is 273 g/mol. The topological polar surface area (TPSA) is 54.7 Å². The standard InChI is InChI=1S/C15H19N3O2/c1-3-8-17(9-4-2)14(19)12-11-16-13-7-5-6-10-18(13)15(12)20/h5-7,10-11H,3-4,8-9H2,1-2H3. The minimum Gasteiger partial charge on any atom is -0.338 e. The lowest BCUT2D eigenvalue weighted by Crippen LogP contribution is -2.37. The summed E-state index contributed by atoms with van der Waals surface area (Å²) in [7, 11) is 0. The van der Waals surface area contributed by atoms with Gasteiger partial charge in [-0.15, -0.1) is 0 Å². The van der Waals surface area contributed by atoms with Gasteiger partial charge in [0.2, 0.25) is 0 Å². The number of rotatable bonds is 5. The summed E-state index contributed by atoms with van der Waals surface area (Å²) < 4.78 is 1.41. The molecular weight excluding hydrogens is 254 g/mol. The third-order valence-electron chi connectivity index (χ3n) is 3.12. The van der Waals surface area contributed by atoms with Gasteiger partial charge in [-0.05, 0) is 25.0 Å². The molecule has 0 spiro atoms. The fraction of sp³-hybridized carbons (Fsp3) is 0.400. The average Bonchev–Trinajstić information content (AvgIpc) is 2.47. The zero-order valence-corrected chi connectivity index (χ0v) is 11.9. The number of amides is 1. The SMILES string of the molecule is CCCN(CCC)C(=O)c1cnc2ccccn2c1=O. The van der Waals surface area contributed by atoms with Crippen LogP contribution in [0.1, 0.15) is 37.0 Å². The van der Waals surface area contributed by atoms with Gasteiger partial charge in [0, 0.05) is 25.5 Å². The summed E-state index contributed by atoms with van der Waals surface area (Å²) in [6.45, 7) is 5.34. The Morgan fingerprint density at radius 3 is 2.60 bits per heavy atom. The minimum absolute atomic E-state index is 0.135. The molecule has 2 rings (SSSR count). The number of carbonyl (C=O) groups is 1. The molecule has 0 aliphatic carbocycles. The Hall–Kier alpha value is -2.17. The Bertz CT molecular complexity index is 657. The van der Waals surface area contributed by atoms with E-state index in [1.165, 1.54) is 10.6 Å². The molecule has 1 amide bonds. The van der Waals surface area contributed by atoms with E-state index in [1.54, 1.807) is 23.2 Å². The Kier molecular flexibility index (Phi) is 4.50. The summed E-state index contributed by atoms with van der Waals surface area (Å²) in [5, 5.41) is 0. The summed E-state index contributed by atoms with van der Waals surface area (Å²) in [5.41, 5.74) is 0.375. The molecular formula is C15H19N3O2. The normalized spacial score (nSPS) is 10.7. The van der Waals surface area contributed by atoms with Crippen LogP contribution in [0.2, 0.25) is 0 Å². The van der Waals surface area contributed by atoms with Crippen LogP contribution < -0.4 is 5.56 Å². The Morgan fingerprint density at radius 2 is 1.95 bits per heavy atom. The summed E-state index contributed by atoms with van der Waals surface area (Å²) >= 11 is 0. The van der Waals surface area contributed by atoms with Gasteiger partial charge in [-0.1, -0.05) is 19.9 Å². The summed E-state index contributed by atoms with van der Waals surface area (Å²) in [6, 6.07) is 5.30. The highest BCUT2D eigenvalue weighted by Gasteiger charge is 2.18. The van der Waals surface area contributed by atoms with Gasteiger partial charge in [-0.3, -0.25) is 14.0 Å². The predicted molar refractivity (Wildman–Crippen MR) is 77.9 cm³/mol. The van der Waals surface area contributed by atoms with E-state index in [0.29, 0.717) is 18.7 Å². The number of nitrogens with zero attached hydrogens (tertiary/aromatic N) is 3. The van der Waals surface area contributed by atoms with Gasteiger partial charge < -0.3 is 4.90 Å². The maximum atomic E-state index is 12.5. The van der Waals surface area contributed by atoms with Crippen molar-refractivity contribution in [2.24, 2.45) is 0 Å². The van der Waals surface area contributed by atoms with Gasteiger partial charge in [0.1, 0.15) is 11.2 Å². The van der Waals surface area contributed by atoms with Crippen molar-refractivity contribution < 1.29 is 4.79 Å². The van der Waals surface area contributed by atoms with Crippen LogP contribution in [0.4, 0.5) is 0 Å². The molecule has 2 aromatic heterocycles. The van der Waals surface area contributed by atoms with E-state index in [2.05, 4.69) is 4.98 Å². The van der Waals surface area contributed by atoms with E-state index < -0.39 is 0 Å². The molecule has 0 radical (unpaired) electrons. The number of carbonyl (C=O) groups excluding carboxylic acids is 1. The molecule has 0 unspecified atom stereocenters. The number of hydrogen-bond acceptors (Lipinski definition) is 3. The molecule has 20 heavy (non-hydrogen) atoms. The minimum atomic E-state index is -0.308. The molecule has 2 heterocycles. The molecule has 0 aromatic carbocycles. The molecule has 0 N–H and O–H groups in total. The lowest BCUT2D eigenvalue weighted by Gasteiger charge is -2.21. The summed E-state index contributed by atoms with van der Waals surface area (Å²) in [6.07, 6.45) is 4.76. The van der Waals surface area contributed by atoms with Crippen LogP contribution in [0.5, 0.6) is 0 Å². The first-order valence-corrected chi connectivity index (χ1v) is 6.94. The van der Waals surface area contributed by atoms with Crippen LogP contribution in [0, 0.1) is 0 Å². The first kappa shape index (κ1) is 14.2. The zero-order chi connectivity index (χ0) is 14.5. The second kappa shape index (κ2) is 6.32. The van der Waals surface area contributed by atoms with Crippen molar-refractivity contribution in [3.05, 3.63) is 46.5 Å². The fourth-order valence-corrected chi connectivity index (χ4v) is 2.20. The second-order valence-electron chi connectivity index (χ2n) is 4.70. The van der Waals surface area contributed by atoms with Gasteiger partial charge in [0.25, 0.3) is 11.5 Å². The number of aromatic nitrogens is 2. The van der Waals surface area contributed by atoms with Crippen molar-refractivity contribution in [3.8, 4) is 0 Å². The van der Waals surface area contributed by atoms with Crippen molar-refractivity contribution in [2.45, 2.75) is 26.7 Å². The second-order valence-corrected chi connectivity index (χ2v) is 4.70. The Morgan fingerprint density at radius 1 is 1.25 bits per heavy atom. The van der Waals surface area contributed by atoms with Crippen LogP contribution in [0.15, 0.2) is 35.4 Å². The maximum Gasteiger partial charge on any atom is 0.270 e. The number of fused-ring (bicyclic) bond motifs is 1. The van der Waals surface area contributed by atoms with Gasteiger partial charge in [-0.2, -0.15) is 0 Å². The van der Waals surface area contributed by atoms with Crippen LogP contribution in [-0.2, 0) is 0 Å². The molecule has 0 saturated heterocycles. The highest BCUT2D eigenvalue weighted by Crippen LogP contribution is 2.04. The summed E-state index contributed by atoms with van der Waals surface area (Å²) in [4.78, 5) is 30.7. The first-order chi connectivity index (χ1) is 9.69. The largest absolute Gasteiger partial charge is 0.338 e. The zero-order valence-electron chi connectivity index (χ0n) is 11.9. The smallest absolute Gasteiger partial charge is 0.270 e.